The third-order valence-corrected chi connectivity index (χ3v) is 5.31. The summed E-state index contributed by atoms with van der Waals surface area (Å²) in [7, 11) is -5.30. The molecule has 0 saturated heterocycles. The fourth-order valence-corrected chi connectivity index (χ4v) is 3.77. The van der Waals surface area contributed by atoms with Crippen LogP contribution in [0.1, 0.15) is 19.4 Å². The Labute approximate surface area is 168 Å². The standard InChI is InChI=1S/C17H21BN4O6S/c1-10(2)8-27-17(23)21-15-5-12(19)7-20-16(15)29(25,26)22-13-4-3-11-9-28-18(24)14(11)6-13/h3-7,10,22,24H,8-9,19H2,1-2H3,(H,21,23). The second kappa shape index (κ2) is 8.27. The Morgan fingerprint density at radius 3 is 2.90 bits per heavy atom. The molecule has 0 radical (unpaired) electrons. The van der Waals surface area contributed by atoms with Gasteiger partial charge in [-0.05, 0) is 35.1 Å². The maximum atomic E-state index is 12.9. The minimum Gasteiger partial charge on any atom is -0.449 e. The van der Waals surface area contributed by atoms with Crippen molar-refractivity contribution in [3.8, 4) is 0 Å². The van der Waals surface area contributed by atoms with E-state index in [1.165, 1.54) is 18.3 Å². The van der Waals surface area contributed by atoms with Gasteiger partial charge in [0.1, 0.15) is 0 Å². The fourth-order valence-electron chi connectivity index (χ4n) is 2.64. The van der Waals surface area contributed by atoms with Crippen molar-refractivity contribution in [3.63, 3.8) is 0 Å². The summed E-state index contributed by atoms with van der Waals surface area (Å²) < 4.78 is 38.2. The summed E-state index contributed by atoms with van der Waals surface area (Å²) in [5, 5.41) is 11.7. The Bertz CT molecular complexity index is 1030. The summed E-state index contributed by atoms with van der Waals surface area (Å²) in [6.07, 6.45) is 0.347. The van der Waals surface area contributed by atoms with Gasteiger partial charge in [-0.2, -0.15) is 8.42 Å². The first-order chi connectivity index (χ1) is 13.7. The first-order valence-electron chi connectivity index (χ1n) is 8.80. The van der Waals surface area contributed by atoms with Crippen LogP contribution in [0.2, 0.25) is 0 Å². The molecule has 3 rings (SSSR count). The van der Waals surface area contributed by atoms with Gasteiger partial charge in [-0.1, -0.05) is 19.9 Å². The number of fused-ring (bicyclic) bond motifs is 1. The summed E-state index contributed by atoms with van der Waals surface area (Å²) in [5.41, 5.74) is 7.19. The molecule has 0 bridgehead atoms. The van der Waals surface area contributed by atoms with Gasteiger partial charge in [0.05, 0.1) is 30.8 Å². The molecular formula is C17H21BN4O6S. The lowest BCUT2D eigenvalue weighted by atomic mass is 9.79. The van der Waals surface area contributed by atoms with E-state index < -0.39 is 28.3 Å². The van der Waals surface area contributed by atoms with Crippen molar-refractivity contribution in [3.05, 3.63) is 36.0 Å². The third-order valence-electron chi connectivity index (χ3n) is 3.97. The average molecular weight is 420 g/mol. The zero-order valence-corrected chi connectivity index (χ0v) is 16.7. The summed E-state index contributed by atoms with van der Waals surface area (Å²) in [6.45, 7) is 4.15. The number of carbonyl (C=O) groups is 1. The number of nitrogens with zero attached hydrogens (tertiary/aromatic N) is 1. The van der Waals surface area contributed by atoms with Gasteiger partial charge in [0.15, 0.2) is 5.03 Å². The molecule has 0 fully saturated rings. The molecule has 1 aliphatic heterocycles. The lowest BCUT2D eigenvalue weighted by Crippen LogP contribution is -2.28. The van der Waals surface area contributed by atoms with Crippen molar-refractivity contribution < 1.29 is 27.6 Å². The number of rotatable bonds is 6. The highest BCUT2D eigenvalue weighted by Crippen LogP contribution is 2.24. The van der Waals surface area contributed by atoms with Crippen LogP contribution in [-0.2, 0) is 26.0 Å². The van der Waals surface area contributed by atoms with Crippen LogP contribution in [0.5, 0.6) is 0 Å². The molecule has 29 heavy (non-hydrogen) atoms. The first kappa shape index (κ1) is 20.9. The molecule has 2 aromatic rings. The van der Waals surface area contributed by atoms with Crippen molar-refractivity contribution in [2.24, 2.45) is 5.92 Å². The molecule has 1 amide bonds. The van der Waals surface area contributed by atoms with Crippen LogP contribution < -0.4 is 21.2 Å². The van der Waals surface area contributed by atoms with E-state index in [1.807, 2.05) is 13.8 Å². The molecule has 0 spiro atoms. The molecule has 0 unspecified atom stereocenters. The van der Waals surface area contributed by atoms with Gasteiger partial charge in [-0.15, -0.1) is 0 Å². The van der Waals surface area contributed by atoms with Gasteiger partial charge in [0, 0.05) is 5.69 Å². The van der Waals surface area contributed by atoms with Gasteiger partial charge in [0.25, 0.3) is 10.0 Å². The van der Waals surface area contributed by atoms with E-state index in [-0.39, 0.29) is 36.2 Å². The topological polar surface area (TPSA) is 153 Å². The Balaban J connectivity index is 1.85. The van der Waals surface area contributed by atoms with Gasteiger partial charge in [-0.25, -0.2) is 9.78 Å². The molecule has 5 N–H and O–H groups in total. The second-order valence-corrected chi connectivity index (χ2v) is 8.52. The maximum absolute atomic E-state index is 12.9. The highest BCUT2D eigenvalue weighted by Gasteiger charge is 2.28. The predicted octanol–water partition coefficient (Wildman–Crippen LogP) is 0.887. The van der Waals surface area contributed by atoms with E-state index in [2.05, 4.69) is 15.0 Å². The molecule has 1 aliphatic rings. The molecule has 1 aromatic carbocycles. The van der Waals surface area contributed by atoms with Gasteiger partial charge in [-0.3, -0.25) is 10.0 Å². The Morgan fingerprint density at radius 2 is 2.17 bits per heavy atom. The average Bonchev–Trinajstić information content (AvgIpc) is 3.00. The number of nitrogens with one attached hydrogen (secondary N) is 2. The van der Waals surface area contributed by atoms with E-state index in [0.717, 1.165) is 5.56 Å². The van der Waals surface area contributed by atoms with Gasteiger partial charge < -0.3 is 20.1 Å². The van der Waals surface area contributed by atoms with Crippen molar-refractivity contribution >= 4 is 45.8 Å². The third kappa shape index (κ3) is 4.97. The van der Waals surface area contributed by atoms with Crippen LogP contribution in [0.15, 0.2) is 35.5 Å². The monoisotopic (exact) mass is 420 g/mol. The zero-order chi connectivity index (χ0) is 21.2. The second-order valence-electron chi connectivity index (χ2n) is 6.92. The number of nitrogen functional groups attached to an aromatic ring is 1. The van der Waals surface area contributed by atoms with Crippen LogP contribution in [0.25, 0.3) is 0 Å². The van der Waals surface area contributed by atoms with E-state index in [1.54, 1.807) is 12.1 Å². The van der Waals surface area contributed by atoms with E-state index in [9.17, 15) is 18.2 Å². The van der Waals surface area contributed by atoms with Crippen molar-refractivity contribution in [2.75, 3.05) is 22.4 Å². The number of hydrogen-bond donors (Lipinski definition) is 4. The van der Waals surface area contributed by atoms with Crippen LogP contribution in [0, 0.1) is 5.92 Å². The number of ether oxygens (including phenoxy) is 1. The first-order valence-corrected chi connectivity index (χ1v) is 10.3. The molecule has 154 valence electrons. The highest BCUT2D eigenvalue weighted by atomic mass is 32.2. The molecular weight excluding hydrogens is 399 g/mol. The Morgan fingerprint density at radius 1 is 1.41 bits per heavy atom. The Kier molecular flexibility index (Phi) is 5.96. The number of hydrogen-bond acceptors (Lipinski definition) is 8. The fraction of sp³-hybridized carbons (Fsp3) is 0.294. The van der Waals surface area contributed by atoms with Crippen LogP contribution in [0.4, 0.5) is 21.9 Å². The van der Waals surface area contributed by atoms with Crippen molar-refractivity contribution in [1.29, 1.82) is 0 Å². The number of carbonyl (C=O) groups excluding carboxylic acids is 1. The molecule has 12 heteroatoms. The zero-order valence-electron chi connectivity index (χ0n) is 15.9. The maximum Gasteiger partial charge on any atom is 0.491 e. The molecule has 1 aromatic heterocycles. The molecule has 2 heterocycles. The van der Waals surface area contributed by atoms with Crippen LogP contribution in [0.3, 0.4) is 0 Å². The van der Waals surface area contributed by atoms with Crippen LogP contribution >= 0.6 is 0 Å². The number of amides is 1. The van der Waals surface area contributed by atoms with Gasteiger partial charge >= 0.3 is 13.2 Å². The van der Waals surface area contributed by atoms with E-state index in [4.69, 9.17) is 15.1 Å². The number of pyridine rings is 1. The molecule has 0 atom stereocenters. The van der Waals surface area contributed by atoms with Crippen molar-refractivity contribution in [2.45, 2.75) is 25.5 Å². The summed E-state index contributed by atoms with van der Waals surface area (Å²) >= 11 is 0. The van der Waals surface area contributed by atoms with E-state index in [0.29, 0.717) is 5.46 Å². The summed E-state index contributed by atoms with van der Waals surface area (Å²) in [5.74, 6) is 0.115. The Hall–Kier alpha value is -2.83. The van der Waals surface area contributed by atoms with Crippen molar-refractivity contribution in [1.82, 2.24) is 4.98 Å². The molecule has 0 saturated carbocycles. The normalized spacial score (nSPS) is 13.3. The van der Waals surface area contributed by atoms with Crippen LogP contribution in [-0.4, -0.2) is 38.2 Å². The highest BCUT2D eigenvalue weighted by molar-refractivity contribution is 7.92. The number of nitrogens with two attached hydrogens (primary N) is 1. The van der Waals surface area contributed by atoms with Gasteiger partial charge in [0.2, 0.25) is 0 Å². The minimum atomic E-state index is -4.18. The number of sulfonamides is 1. The largest absolute Gasteiger partial charge is 0.491 e. The number of aromatic nitrogens is 1. The smallest absolute Gasteiger partial charge is 0.449 e. The molecule has 0 aliphatic carbocycles. The minimum absolute atomic E-state index is 0.115. The molecule has 10 nitrogen and oxygen atoms in total. The number of benzene rings is 1. The lowest BCUT2D eigenvalue weighted by Gasteiger charge is -2.14. The van der Waals surface area contributed by atoms with E-state index >= 15 is 0 Å². The predicted molar refractivity (Wildman–Crippen MR) is 108 cm³/mol. The quantitative estimate of drug-likeness (QED) is 0.503. The summed E-state index contributed by atoms with van der Waals surface area (Å²) in [4.78, 5) is 15.8. The lowest BCUT2D eigenvalue weighted by molar-refractivity contribution is 0.147. The summed E-state index contributed by atoms with van der Waals surface area (Å²) in [6, 6.07) is 5.95. The number of anilines is 3. The SMILES string of the molecule is CC(C)COC(=O)Nc1cc(N)cnc1S(=O)(=O)Nc1ccc2c(c1)B(O)OC2.